The third kappa shape index (κ3) is 2.70. The van der Waals surface area contributed by atoms with Crippen LogP contribution in [-0.2, 0) is 13.0 Å². The van der Waals surface area contributed by atoms with Crippen LogP contribution in [0.2, 0.25) is 5.02 Å². The number of aliphatic hydroxyl groups is 1. The molecule has 2 bridgehead atoms. The molecule has 3 aromatic rings. The van der Waals surface area contributed by atoms with Gasteiger partial charge in [0.05, 0.1) is 12.6 Å². The molecule has 1 N–H and O–H groups in total. The van der Waals surface area contributed by atoms with Crippen molar-refractivity contribution in [1.82, 2.24) is 14.5 Å². The van der Waals surface area contributed by atoms with Gasteiger partial charge in [-0.2, -0.15) is 0 Å². The summed E-state index contributed by atoms with van der Waals surface area (Å²) in [5.74, 6) is 0. The van der Waals surface area contributed by atoms with Crippen LogP contribution in [0.15, 0.2) is 36.5 Å². The molecule has 2 aliphatic heterocycles. The minimum absolute atomic E-state index is 0.458. The number of hydrogen-bond acceptors (Lipinski definition) is 3. The third-order valence-corrected chi connectivity index (χ3v) is 6.69. The Morgan fingerprint density at radius 2 is 2.11 bits per heavy atom. The van der Waals surface area contributed by atoms with Gasteiger partial charge in [-0.25, -0.2) is 0 Å². The molecular weight excluding hydrogens is 358 g/mol. The van der Waals surface area contributed by atoms with Gasteiger partial charge in [0.2, 0.25) is 0 Å². The number of pyridine rings is 1. The Morgan fingerprint density at radius 3 is 2.89 bits per heavy atom. The topological polar surface area (TPSA) is 41.3 Å². The lowest BCUT2D eigenvalue weighted by molar-refractivity contribution is 0.154. The molecule has 4 heterocycles. The molecule has 27 heavy (non-hydrogen) atoms. The number of halogens is 1. The summed E-state index contributed by atoms with van der Waals surface area (Å²) >= 11 is 6.34. The summed E-state index contributed by atoms with van der Waals surface area (Å²) in [5, 5.41) is 12.9. The molecule has 140 valence electrons. The number of rotatable bonds is 3. The molecule has 4 nitrogen and oxygen atoms in total. The molecule has 5 heteroatoms. The molecule has 0 aliphatic carbocycles. The maximum absolute atomic E-state index is 10.9. The molecule has 0 spiro atoms. The van der Waals surface area contributed by atoms with Gasteiger partial charge in [0.1, 0.15) is 0 Å². The van der Waals surface area contributed by atoms with E-state index in [0.717, 1.165) is 22.7 Å². The van der Waals surface area contributed by atoms with Crippen molar-refractivity contribution in [3.8, 4) is 0 Å². The first-order valence-corrected chi connectivity index (χ1v) is 10.0. The Bertz CT molecular complexity index is 1010. The van der Waals surface area contributed by atoms with Gasteiger partial charge in [0, 0.05) is 57.6 Å². The van der Waals surface area contributed by atoms with E-state index in [-0.39, 0.29) is 0 Å². The minimum Gasteiger partial charge on any atom is -0.386 e. The number of benzene rings is 1. The number of aryl methyl sites for hydroxylation is 1. The van der Waals surface area contributed by atoms with Gasteiger partial charge in [0.25, 0.3) is 0 Å². The second kappa shape index (κ2) is 6.33. The zero-order valence-electron chi connectivity index (χ0n) is 15.7. The molecule has 1 aromatic carbocycles. The van der Waals surface area contributed by atoms with Crippen LogP contribution < -0.4 is 0 Å². The Labute approximate surface area is 164 Å². The van der Waals surface area contributed by atoms with Gasteiger partial charge in [-0.3, -0.25) is 9.88 Å². The smallest absolute Gasteiger partial charge is 0.0983 e. The number of nitrogens with zero attached hydrogens (tertiary/aromatic N) is 3. The summed E-state index contributed by atoms with van der Waals surface area (Å²) in [4.78, 5) is 6.86. The highest BCUT2D eigenvalue weighted by Crippen LogP contribution is 2.47. The predicted octanol–water partition coefficient (Wildman–Crippen LogP) is 4.42. The fourth-order valence-electron chi connectivity index (χ4n) is 4.99. The van der Waals surface area contributed by atoms with E-state index >= 15 is 0 Å². The highest BCUT2D eigenvalue weighted by molar-refractivity contribution is 6.31. The quantitative estimate of drug-likeness (QED) is 0.730. The van der Waals surface area contributed by atoms with Crippen LogP contribution >= 0.6 is 11.6 Å². The van der Waals surface area contributed by atoms with E-state index < -0.39 is 6.10 Å². The Morgan fingerprint density at radius 1 is 1.26 bits per heavy atom. The summed E-state index contributed by atoms with van der Waals surface area (Å²) in [5.41, 5.74) is 5.78. The Hall–Kier alpha value is -1.88. The van der Waals surface area contributed by atoms with Crippen molar-refractivity contribution in [3.63, 3.8) is 0 Å². The fourth-order valence-corrected chi connectivity index (χ4v) is 5.16. The monoisotopic (exact) mass is 381 g/mol. The summed E-state index contributed by atoms with van der Waals surface area (Å²) in [6.07, 6.45) is 4.68. The Balaban J connectivity index is 1.62. The zero-order chi connectivity index (χ0) is 18.7. The molecule has 3 unspecified atom stereocenters. The molecule has 5 rings (SSSR count). The SMILES string of the molecule is Cc1ccc(C(O)Cn2c3c(c4cc(Cl)ccc42)C2CCC(C3)N2C)cn1. The van der Waals surface area contributed by atoms with Gasteiger partial charge in [-0.05, 0) is 56.6 Å². The van der Waals surface area contributed by atoms with Gasteiger partial charge >= 0.3 is 0 Å². The zero-order valence-corrected chi connectivity index (χ0v) is 16.4. The standard InChI is InChI=1S/C22H24ClN3O/c1-13-3-4-14(11-24-13)21(27)12-26-18-7-5-15(23)9-17(18)22-19-8-6-16(25(19)2)10-20(22)26/h3-5,7,9,11,16,19,21,27H,6,8,10,12H2,1-2H3. The van der Waals surface area contributed by atoms with E-state index in [1.807, 2.05) is 25.1 Å². The molecule has 3 atom stereocenters. The lowest BCUT2D eigenvalue weighted by Gasteiger charge is -2.32. The van der Waals surface area contributed by atoms with Gasteiger partial charge in [-0.15, -0.1) is 0 Å². The third-order valence-electron chi connectivity index (χ3n) is 6.45. The van der Waals surface area contributed by atoms with E-state index in [4.69, 9.17) is 11.6 Å². The van der Waals surface area contributed by atoms with Crippen LogP contribution in [0.25, 0.3) is 10.9 Å². The molecular formula is C22H24ClN3O. The van der Waals surface area contributed by atoms with Crippen LogP contribution in [0, 0.1) is 6.92 Å². The first kappa shape index (κ1) is 17.2. The summed E-state index contributed by atoms with van der Waals surface area (Å²) < 4.78 is 2.32. The normalized spacial score (nSPS) is 23.0. The molecule has 2 aromatic heterocycles. The lowest BCUT2D eigenvalue weighted by atomic mass is 9.97. The van der Waals surface area contributed by atoms with Crippen molar-refractivity contribution < 1.29 is 5.11 Å². The summed E-state index contributed by atoms with van der Waals surface area (Å²) in [6, 6.07) is 11.1. The summed E-state index contributed by atoms with van der Waals surface area (Å²) in [7, 11) is 2.24. The molecule has 0 amide bonds. The van der Waals surface area contributed by atoms with Crippen LogP contribution in [0.1, 0.15) is 47.5 Å². The highest BCUT2D eigenvalue weighted by atomic mass is 35.5. The molecule has 0 radical (unpaired) electrons. The number of fused-ring (bicyclic) bond motifs is 6. The second-order valence-corrected chi connectivity index (χ2v) is 8.43. The molecule has 0 saturated carbocycles. The highest BCUT2D eigenvalue weighted by Gasteiger charge is 2.40. The van der Waals surface area contributed by atoms with Crippen LogP contribution in [0.3, 0.4) is 0 Å². The maximum atomic E-state index is 10.9. The maximum Gasteiger partial charge on any atom is 0.0983 e. The van der Waals surface area contributed by atoms with E-state index in [0.29, 0.717) is 18.6 Å². The second-order valence-electron chi connectivity index (χ2n) is 8.00. The summed E-state index contributed by atoms with van der Waals surface area (Å²) in [6.45, 7) is 2.50. The average molecular weight is 382 g/mol. The predicted molar refractivity (Wildman–Crippen MR) is 108 cm³/mol. The van der Waals surface area contributed by atoms with Crippen LogP contribution in [0.4, 0.5) is 0 Å². The first-order valence-electron chi connectivity index (χ1n) is 9.66. The van der Waals surface area contributed by atoms with E-state index in [9.17, 15) is 5.11 Å². The minimum atomic E-state index is -0.578. The van der Waals surface area contributed by atoms with E-state index in [2.05, 4.69) is 33.6 Å². The average Bonchev–Trinajstić information content (AvgIpc) is 3.06. The molecule has 1 saturated heterocycles. The number of hydrogen-bond donors (Lipinski definition) is 1. The molecule has 1 fully saturated rings. The van der Waals surface area contributed by atoms with Gasteiger partial charge < -0.3 is 9.67 Å². The first-order chi connectivity index (χ1) is 13.0. The van der Waals surface area contributed by atoms with Crippen LogP contribution in [-0.4, -0.2) is 32.6 Å². The number of likely N-dealkylation sites (N-methyl/N-ethyl adjacent to an activating group) is 1. The number of aromatic nitrogens is 2. The largest absolute Gasteiger partial charge is 0.386 e. The molecule has 2 aliphatic rings. The van der Waals surface area contributed by atoms with Gasteiger partial charge in [0.15, 0.2) is 0 Å². The van der Waals surface area contributed by atoms with Crippen molar-refractivity contribution in [2.75, 3.05) is 7.05 Å². The van der Waals surface area contributed by atoms with Crippen molar-refractivity contribution in [2.24, 2.45) is 0 Å². The van der Waals surface area contributed by atoms with E-state index in [1.165, 1.54) is 35.0 Å². The van der Waals surface area contributed by atoms with Crippen molar-refractivity contribution in [2.45, 2.75) is 50.9 Å². The Kier molecular flexibility index (Phi) is 4.04. The van der Waals surface area contributed by atoms with Gasteiger partial charge in [-0.1, -0.05) is 17.7 Å². The van der Waals surface area contributed by atoms with Crippen molar-refractivity contribution in [1.29, 1.82) is 0 Å². The van der Waals surface area contributed by atoms with Crippen molar-refractivity contribution >= 4 is 22.5 Å². The van der Waals surface area contributed by atoms with E-state index in [1.54, 1.807) is 6.20 Å². The van der Waals surface area contributed by atoms with Crippen molar-refractivity contribution in [3.05, 3.63) is 64.1 Å². The number of aliphatic hydroxyl groups excluding tert-OH is 1. The van der Waals surface area contributed by atoms with Crippen LogP contribution in [0.5, 0.6) is 0 Å². The lowest BCUT2D eigenvalue weighted by Crippen LogP contribution is -2.34. The fraction of sp³-hybridized carbons (Fsp3) is 0.409.